The fraction of sp³-hybridized carbons (Fsp3) is 0.578. The zero-order chi connectivity index (χ0) is 45.1. The molecule has 3 heterocycles. The summed E-state index contributed by atoms with van der Waals surface area (Å²) in [5, 5.41) is 19.7. The first-order valence-electron chi connectivity index (χ1n) is 21.2. The van der Waals surface area contributed by atoms with Crippen molar-refractivity contribution in [1.29, 1.82) is 0 Å². The number of ether oxygens (including phenoxy) is 4. The van der Waals surface area contributed by atoms with Crippen LogP contribution in [0.4, 0.5) is 15.4 Å². The number of rotatable bonds is 16. The summed E-state index contributed by atoms with van der Waals surface area (Å²) in [6.07, 6.45) is 3.76. The summed E-state index contributed by atoms with van der Waals surface area (Å²) in [6, 6.07) is 10.5. The van der Waals surface area contributed by atoms with Crippen molar-refractivity contribution < 1.29 is 38.4 Å². The van der Waals surface area contributed by atoms with Crippen molar-refractivity contribution >= 4 is 69.0 Å². The van der Waals surface area contributed by atoms with Gasteiger partial charge in [0, 0.05) is 45.3 Å². The molecule has 2 amide bonds. The minimum Gasteiger partial charge on any atom is -0.480 e. The molecule has 0 unspecified atom stereocenters. The van der Waals surface area contributed by atoms with Gasteiger partial charge in [-0.05, 0) is 122 Å². The molecule has 1 aliphatic carbocycles. The van der Waals surface area contributed by atoms with Gasteiger partial charge in [-0.15, -0.1) is 0 Å². The molecule has 1 aliphatic heterocycles. The molecule has 6 rings (SSSR count). The Morgan fingerprint density at radius 3 is 2.31 bits per heavy atom. The van der Waals surface area contributed by atoms with Gasteiger partial charge in [0.15, 0.2) is 5.79 Å². The number of aliphatic carboxylic acids is 1. The minimum absolute atomic E-state index is 0.0184. The van der Waals surface area contributed by atoms with Crippen LogP contribution in [0.15, 0.2) is 48.9 Å². The number of carbonyl (C=O) groups excluding carboxylic acids is 2. The minimum atomic E-state index is -1.19. The van der Waals surface area contributed by atoms with Crippen LogP contribution in [-0.4, -0.2) is 123 Å². The van der Waals surface area contributed by atoms with E-state index in [0.717, 1.165) is 33.2 Å². The first-order chi connectivity index (χ1) is 29.1. The Hall–Kier alpha value is -4.41. The lowest BCUT2D eigenvalue weighted by molar-refractivity contribution is -0.161. The number of carboxylic acids is 1. The molecule has 0 bridgehead atoms. The van der Waals surface area contributed by atoms with Gasteiger partial charge in [-0.25, -0.2) is 24.4 Å². The number of alkyl carbamates (subject to hydrolysis) is 1. The van der Waals surface area contributed by atoms with Crippen LogP contribution in [0.1, 0.15) is 86.3 Å². The standard InChI is InChI=1S/C45H61Cl2N7O8/c1-43(2,3)61-41(57)51-34(40(55)56)15-18-52(25-30-24-35(37-36(30)59-45(7,8)60-37)54-20-14-31-38(48-9)49-26-50-39(31)54)16-10-17-53(42(58)62-44(4,5)6)19-13-27-11-12-28-22-32(46)33(47)23-29(28)21-27/h11-12,14,20-23,26,30,34-37H,10,13,15-19,24-25H2,1-9H3,(H,51,57)(H,55,56)(H,48,49,50)/t30-,34+,35-,36-,37+/m1/s1. The third-order valence-corrected chi connectivity index (χ3v) is 11.8. The molecule has 0 spiro atoms. The van der Waals surface area contributed by atoms with Crippen LogP contribution in [0.2, 0.25) is 10.0 Å². The number of carbonyl (C=O) groups is 3. The number of nitrogens with zero attached hydrogens (tertiary/aromatic N) is 5. The molecule has 2 aromatic heterocycles. The van der Waals surface area contributed by atoms with Crippen LogP contribution < -0.4 is 10.6 Å². The van der Waals surface area contributed by atoms with E-state index in [-0.39, 0.29) is 30.6 Å². The number of hydrogen-bond donors (Lipinski definition) is 3. The topological polar surface area (TPSA) is 170 Å². The fourth-order valence-corrected chi connectivity index (χ4v) is 8.75. The molecular weight excluding hydrogens is 837 g/mol. The molecule has 62 heavy (non-hydrogen) atoms. The highest BCUT2D eigenvalue weighted by Gasteiger charge is 2.55. The van der Waals surface area contributed by atoms with Crippen LogP contribution in [0, 0.1) is 5.92 Å². The van der Waals surface area contributed by atoms with E-state index in [1.165, 1.54) is 0 Å². The largest absolute Gasteiger partial charge is 0.480 e. The number of benzene rings is 2. The van der Waals surface area contributed by atoms with Gasteiger partial charge in [0.1, 0.15) is 41.1 Å². The van der Waals surface area contributed by atoms with Crippen molar-refractivity contribution in [3.8, 4) is 0 Å². The van der Waals surface area contributed by atoms with Gasteiger partial charge >= 0.3 is 18.2 Å². The number of halogens is 2. The first kappa shape index (κ1) is 47.1. The van der Waals surface area contributed by atoms with Gasteiger partial charge in [0.25, 0.3) is 0 Å². The number of fused-ring (bicyclic) bond motifs is 3. The highest BCUT2D eigenvalue weighted by atomic mass is 35.5. The van der Waals surface area contributed by atoms with Gasteiger partial charge in [0.2, 0.25) is 0 Å². The molecule has 338 valence electrons. The first-order valence-corrected chi connectivity index (χ1v) is 22.0. The molecule has 4 aromatic rings. The molecule has 3 N–H and O–H groups in total. The van der Waals surface area contributed by atoms with Crippen molar-refractivity contribution in [1.82, 2.24) is 29.7 Å². The summed E-state index contributed by atoms with van der Waals surface area (Å²) in [5.41, 5.74) is 0.314. The SMILES string of the molecule is CNc1ncnc2c1ccn2[C@@H]1C[C@H](CN(CCCN(CCc2ccc3cc(Cl)c(Cl)cc3c2)C(=O)OC(C)(C)C)CC[C@H](NC(=O)OC(C)(C)C)C(=O)O)[C@H]2OC(C)(C)O[C@H]21. The van der Waals surface area contributed by atoms with Gasteiger partial charge in [-0.1, -0.05) is 41.4 Å². The number of anilines is 1. The van der Waals surface area contributed by atoms with E-state index in [0.29, 0.717) is 62.0 Å². The van der Waals surface area contributed by atoms with E-state index in [1.807, 2.05) is 78.2 Å². The molecule has 0 radical (unpaired) electrons. The van der Waals surface area contributed by atoms with E-state index < -0.39 is 41.2 Å². The Morgan fingerprint density at radius 2 is 1.63 bits per heavy atom. The summed E-state index contributed by atoms with van der Waals surface area (Å²) >= 11 is 12.6. The maximum Gasteiger partial charge on any atom is 0.410 e. The lowest BCUT2D eigenvalue weighted by Crippen LogP contribution is -2.46. The summed E-state index contributed by atoms with van der Waals surface area (Å²) in [5.74, 6) is -1.27. The highest BCUT2D eigenvalue weighted by Crippen LogP contribution is 2.48. The van der Waals surface area contributed by atoms with Crippen molar-refractivity contribution in [2.75, 3.05) is 45.1 Å². The van der Waals surface area contributed by atoms with Crippen LogP contribution in [0.3, 0.4) is 0 Å². The zero-order valence-corrected chi connectivity index (χ0v) is 38.7. The van der Waals surface area contributed by atoms with E-state index >= 15 is 0 Å². The average Bonchev–Trinajstić information content (AvgIpc) is 3.83. The molecule has 2 aliphatic rings. The van der Waals surface area contributed by atoms with Crippen LogP contribution >= 0.6 is 23.2 Å². The lowest BCUT2D eigenvalue weighted by atomic mass is 10.0. The van der Waals surface area contributed by atoms with Crippen molar-refractivity contribution in [3.05, 3.63) is 64.5 Å². The smallest absolute Gasteiger partial charge is 0.410 e. The molecule has 15 nitrogen and oxygen atoms in total. The van der Waals surface area contributed by atoms with Crippen molar-refractivity contribution in [2.24, 2.45) is 5.92 Å². The predicted octanol–water partition coefficient (Wildman–Crippen LogP) is 8.55. The van der Waals surface area contributed by atoms with E-state index in [1.54, 1.807) is 32.0 Å². The molecule has 5 atom stereocenters. The van der Waals surface area contributed by atoms with Crippen molar-refractivity contribution in [3.63, 3.8) is 0 Å². The zero-order valence-electron chi connectivity index (χ0n) is 37.2. The Morgan fingerprint density at radius 1 is 0.935 bits per heavy atom. The second-order valence-corrected chi connectivity index (χ2v) is 19.5. The highest BCUT2D eigenvalue weighted by molar-refractivity contribution is 6.42. The molecule has 17 heteroatoms. The Labute approximate surface area is 373 Å². The summed E-state index contributed by atoms with van der Waals surface area (Å²) in [6.45, 7) is 16.7. The average molecular weight is 899 g/mol. The molecule has 2 aromatic carbocycles. The Bertz CT molecular complexity index is 2240. The van der Waals surface area contributed by atoms with E-state index in [4.69, 9.17) is 42.1 Å². The normalized spacial score (nSPS) is 20.3. The second-order valence-electron chi connectivity index (χ2n) is 18.7. The molecule has 1 saturated carbocycles. The van der Waals surface area contributed by atoms with Crippen molar-refractivity contribution in [2.45, 2.75) is 122 Å². The van der Waals surface area contributed by atoms with Gasteiger partial charge in [0.05, 0.1) is 27.6 Å². The molecule has 1 saturated heterocycles. The second kappa shape index (κ2) is 19.1. The predicted molar refractivity (Wildman–Crippen MR) is 240 cm³/mol. The van der Waals surface area contributed by atoms with Gasteiger partial charge in [-0.2, -0.15) is 0 Å². The monoisotopic (exact) mass is 897 g/mol. The Kier molecular flexibility index (Phi) is 14.5. The van der Waals surface area contributed by atoms with Gasteiger partial charge < -0.3 is 49.1 Å². The number of carboxylic acid groups (broad SMARTS) is 1. The summed E-state index contributed by atoms with van der Waals surface area (Å²) < 4.78 is 26.6. The maximum atomic E-state index is 13.7. The number of amides is 2. The quantitative estimate of drug-likeness (QED) is 0.0981. The van der Waals surface area contributed by atoms with Crippen LogP contribution in [-0.2, 0) is 30.2 Å². The summed E-state index contributed by atoms with van der Waals surface area (Å²) in [7, 11) is 1.83. The maximum absolute atomic E-state index is 13.7. The van der Waals surface area contributed by atoms with Crippen LogP contribution in [0.25, 0.3) is 21.8 Å². The van der Waals surface area contributed by atoms with Crippen LogP contribution in [0.5, 0.6) is 0 Å². The number of aromatic nitrogens is 3. The van der Waals surface area contributed by atoms with Gasteiger partial charge in [-0.3, -0.25) is 0 Å². The van der Waals surface area contributed by atoms with E-state index in [9.17, 15) is 19.5 Å². The third kappa shape index (κ3) is 12.0. The van der Waals surface area contributed by atoms with E-state index in [2.05, 4.69) is 36.1 Å². The number of nitrogens with one attached hydrogen (secondary N) is 2. The lowest BCUT2D eigenvalue weighted by Gasteiger charge is -2.31. The summed E-state index contributed by atoms with van der Waals surface area (Å²) in [4.78, 5) is 51.8. The Balaban J connectivity index is 1.22. The number of hydrogen-bond acceptors (Lipinski definition) is 11. The molecular formula is C45H61Cl2N7O8. The molecule has 2 fully saturated rings. The third-order valence-electron chi connectivity index (χ3n) is 11.0. The fourth-order valence-electron chi connectivity index (χ4n) is 8.41.